The molecular formula is C13H13F6N. The smallest absolute Gasteiger partial charge is 0.310 e. The van der Waals surface area contributed by atoms with Gasteiger partial charge in [0, 0.05) is 6.04 Å². The molecule has 0 bridgehead atoms. The Labute approximate surface area is 112 Å². The Balaban J connectivity index is 2.26. The van der Waals surface area contributed by atoms with Crippen LogP contribution in [0.1, 0.15) is 35.9 Å². The largest absolute Gasteiger partial charge is 0.404 e. The van der Waals surface area contributed by atoms with Crippen molar-refractivity contribution in [3.63, 3.8) is 0 Å². The van der Waals surface area contributed by atoms with E-state index in [1.165, 1.54) is 12.1 Å². The van der Waals surface area contributed by atoms with Crippen LogP contribution >= 0.6 is 0 Å². The zero-order valence-corrected chi connectivity index (χ0v) is 10.4. The molecule has 1 saturated heterocycles. The van der Waals surface area contributed by atoms with Crippen LogP contribution in [0, 0.1) is 0 Å². The van der Waals surface area contributed by atoms with Gasteiger partial charge in [-0.25, -0.2) is 0 Å². The van der Waals surface area contributed by atoms with E-state index in [4.69, 9.17) is 0 Å². The van der Waals surface area contributed by atoms with Crippen LogP contribution in [-0.2, 0) is 0 Å². The maximum absolute atomic E-state index is 12.6. The summed E-state index contributed by atoms with van der Waals surface area (Å²) >= 11 is 0. The van der Waals surface area contributed by atoms with Gasteiger partial charge in [-0.2, -0.15) is 26.3 Å². The fourth-order valence-corrected chi connectivity index (χ4v) is 2.45. The summed E-state index contributed by atoms with van der Waals surface area (Å²) in [5, 5.41) is 3.14. The van der Waals surface area contributed by atoms with Crippen molar-refractivity contribution in [2.45, 2.75) is 37.2 Å². The fourth-order valence-electron chi connectivity index (χ4n) is 2.45. The molecule has 112 valence electrons. The predicted octanol–water partition coefficient (Wildman–Crippen LogP) is 4.32. The van der Waals surface area contributed by atoms with Gasteiger partial charge in [-0.1, -0.05) is 24.3 Å². The van der Waals surface area contributed by atoms with Gasteiger partial charge in [0.1, 0.15) is 0 Å². The van der Waals surface area contributed by atoms with Gasteiger partial charge in [-0.15, -0.1) is 0 Å². The lowest BCUT2D eigenvalue weighted by Crippen LogP contribution is -2.34. The Morgan fingerprint density at radius 2 is 1.50 bits per heavy atom. The maximum atomic E-state index is 12.6. The lowest BCUT2D eigenvalue weighted by atomic mass is 9.95. The molecule has 20 heavy (non-hydrogen) atoms. The second-order valence-corrected chi connectivity index (χ2v) is 4.83. The van der Waals surface area contributed by atoms with Crippen LogP contribution in [0.3, 0.4) is 0 Å². The van der Waals surface area contributed by atoms with Crippen molar-refractivity contribution in [3.8, 4) is 0 Å². The zero-order valence-electron chi connectivity index (χ0n) is 10.4. The first-order chi connectivity index (χ1) is 9.19. The lowest BCUT2D eigenvalue weighted by Gasteiger charge is -2.23. The first-order valence-corrected chi connectivity index (χ1v) is 6.16. The molecule has 1 nitrogen and oxygen atoms in total. The number of hydrogen-bond donors (Lipinski definition) is 1. The topological polar surface area (TPSA) is 12.0 Å². The van der Waals surface area contributed by atoms with Crippen molar-refractivity contribution in [3.05, 3.63) is 35.4 Å². The SMILES string of the molecule is FC(F)(F)C(c1ccc(C2CCCN2)cc1)C(F)(F)F. The van der Waals surface area contributed by atoms with Crippen LogP contribution in [-0.4, -0.2) is 18.9 Å². The summed E-state index contributed by atoms with van der Waals surface area (Å²) in [6.45, 7) is 0.806. The third-order valence-electron chi connectivity index (χ3n) is 3.39. The molecule has 0 saturated carbocycles. The molecule has 7 heteroatoms. The first kappa shape index (κ1) is 15.2. The second kappa shape index (κ2) is 5.27. The van der Waals surface area contributed by atoms with Crippen molar-refractivity contribution in [1.82, 2.24) is 5.32 Å². The normalized spacial score (nSPS) is 20.6. The molecule has 0 aromatic heterocycles. The van der Waals surface area contributed by atoms with Gasteiger partial charge in [-0.3, -0.25) is 0 Å². The molecule has 1 aliphatic heterocycles. The molecule has 1 aliphatic rings. The van der Waals surface area contributed by atoms with Crippen molar-refractivity contribution < 1.29 is 26.3 Å². The van der Waals surface area contributed by atoms with Gasteiger partial charge >= 0.3 is 12.4 Å². The van der Waals surface area contributed by atoms with Gasteiger partial charge in [0.05, 0.1) is 0 Å². The molecule has 2 rings (SSSR count). The van der Waals surface area contributed by atoms with E-state index in [0.717, 1.165) is 31.5 Å². The quantitative estimate of drug-likeness (QED) is 0.802. The standard InChI is InChI=1S/C13H13F6N/c14-12(15,16)11(13(17,18)19)9-5-3-8(4-6-9)10-2-1-7-20-10/h3-6,10-11,20H,1-2,7H2. The summed E-state index contributed by atoms with van der Waals surface area (Å²) in [5.74, 6) is -3.43. The van der Waals surface area contributed by atoms with E-state index in [2.05, 4.69) is 5.32 Å². The molecule has 1 aromatic rings. The zero-order chi connectivity index (χ0) is 15.0. The third-order valence-corrected chi connectivity index (χ3v) is 3.39. The third kappa shape index (κ3) is 3.26. The number of alkyl halides is 6. The Morgan fingerprint density at radius 3 is 1.90 bits per heavy atom. The number of rotatable bonds is 2. The second-order valence-electron chi connectivity index (χ2n) is 4.83. The predicted molar refractivity (Wildman–Crippen MR) is 61.3 cm³/mol. The van der Waals surface area contributed by atoms with E-state index in [9.17, 15) is 26.3 Å². The van der Waals surface area contributed by atoms with Crippen LogP contribution in [0.15, 0.2) is 24.3 Å². The molecule has 1 heterocycles. The Kier molecular flexibility index (Phi) is 4.00. The van der Waals surface area contributed by atoms with Crippen LogP contribution in [0.2, 0.25) is 0 Å². The molecular weight excluding hydrogens is 284 g/mol. The highest BCUT2D eigenvalue weighted by Crippen LogP contribution is 2.46. The van der Waals surface area contributed by atoms with E-state index in [-0.39, 0.29) is 6.04 Å². The average molecular weight is 297 g/mol. The summed E-state index contributed by atoms with van der Waals surface area (Å²) in [4.78, 5) is 0. The number of hydrogen-bond acceptors (Lipinski definition) is 1. The summed E-state index contributed by atoms with van der Waals surface area (Å²) in [7, 11) is 0. The maximum Gasteiger partial charge on any atom is 0.404 e. The van der Waals surface area contributed by atoms with Gasteiger partial charge in [-0.05, 0) is 30.5 Å². The van der Waals surface area contributed by atoms with E-state index >= 15 is 0 Å². The van der Waals surface area contributed by atoms with Crippen molar-refractivity contribution in [1.29, 1.82) is 0 Å². The minimum absolute atomic E-state index is 0.0132. The highest BCUT2D eigenvalue weighted by Gasteiger charge is 2.57. The molecule has 1 N–H and O–H groups in total. The molecule has 1 fully saturated rings. The lowest BCUT2D eigenvalue weighted by molar-refractivity contribution is -0.253. The van der Waals surface area contributed by atoms with Crippen LogP contribution in [0.5, 0.6) is 0 Å². The van der Waals surface area contributed by atoms with Crippen molar-refractivity contribution in [2.24, 2.45) is 0 Å². The van der Waals surface area contributed by atoms with Crippen LogP contribution in [0.25, 0.3) is 0 Å². The van der Waals surface area contributed by atoms with Crippen molar-refractivity contribution in [2.75, 3.05) is 6.54 Å². The number of benzene rings is 1. The Morgan fingerprint density at radius 1 is 0.950 bits per heavy atom. The minimum Gasteiger partial charge on any atom is -0.310 e. The van der Waals surface area contributed by atoms with E-state index < -0.39 is 23.8 Å². The van der Waals surface area contributed by atoms with Crippen molar-refractivity contribution >= 4 is 0 Å². The fraction of sp³-hybridized carbons (Fsp3) is 0.538. The highest BCUT2D eigenvalue weighted by atomic mass is 19.4. The molecule has 0 spiro atoms. The van der Waals surface area contributed by atoms with E-state index in [1.54, 1.807) is 0 Å². The summed E-state index contributed by atoms with van der Waals surface area (Å²) < 4.78 is 75.4. The highest BCUT2D eigenvalue weighted by molar-refractivity contribution is 5.29. The first-order valence-electron chi connectivity index (χ1n) is 6.16. The summed E-state index contributed by atoms with van der Waals surface area (Å²) in [6, 6.07) is 4.52. The monoisotopic (exact) mass is 297 g/mol. The molecule has 1 atom stereocenters. The van der Waals surface area contributed by atoms with Gasteiger partial charge in [0.25, 0.3) is 0 Å². The molecule has 0 radical (unpaired) electrons. The molecule has 0 amide bonds. The van der Waals surface area contributed by atoms with E-state index in [0.29, 0.717) is 5.56 Å². The van der Waals surface area contributed by atoms with Gasteiger partial charge in [0.2, 0.25) is 0 Å². The molecule has 1 unspecified atom stereocenters. The summed E-state index contributed by atoms with van der Waals surface area (Å²) in [6.07, 6.45) is -8.90. The Hall–Kier alpha value is -1.24. The van der Waals surface area contributed by atoms with E-state index in [1.807, 2.05) is 0 Å². The van der Waals surface area contributed by atoms with Crippen LogP contribution in [0.4, 0.5) is 26.3 Å². The molecule has 1 aromatic carbocycles. The van der Waals surface area contributed by atoms with Gasteiger partial charge < -0.3 is 5.32 Å². The number of nitrogens with one attached hydrogen (secondary N) is 1. The minimum atomic E-state index is -5.34. The Bertz CT molecular complexity index is 427. The number of halogens is 6. The molecule has 0 aliphatic carbocycles. The summed E-state index contributed by atoms with van der Waals surface area (Å²) in [5.41, 5.74) is -0.0545. The van der Waals surface area contributed by atoms with Gasteiger partial charge in [0.15, 0.2) is 5.92 Å². The van der Waals surface area contributed by atoms with Crippen LogP contribution < -0.4 is 5.32 Å². The average Bonchev–Trinajstić information content (AvgIpc) is 2.79.